The molecular weight excluding hydrogens is 255 g/mol. The first kappa shape index (κ1) is 13.3. The molecule has 102 valence electrons. The maximum absolute atomic E-state index is 13.3. The van der Waals surface area contributed by atoms with E-state index in [0.717, 1.165) is 11.0 Å². The largest absolute Gasteiger partial charge is 0.480 e. The molecule has 1 heterocycles. The molecule has 0 bridgehead atoms. The van der Waals surface area contributed by atoms with Crippen molar-refractivity contribution in [1.29, 1.82) is 0 Å². The molecule has 0 aliphatic carbocycles. The van der Waals surface area contributed by atoms with E-state index in [-0.39, 0.29) is 31.0 Å². The van der Waals surface area contributed by atoms with E-state index in [1.54, 1.807) is 0 Å². The summed E-state index contributed by atoms with van der Waals surface area (Å²) in [6.07, 6.45) is 0. The molecule has 3 N–H and O–H groups in total. The number of carboxylic acid groups (broad SMARTS) is 1. The Kier molecular flexibility index (Phi) is 3.66. The lowest BCUT2D eigenvalue weighted by molar-refractivity contribution is -0.147. The van der Waals surface area contributed by atoms with Crippen LogP contribution in [0, 0.1) is 5.82 Å². The van der Waals surface area contributed by atoms with Gasteiger partial charge in [-0.2, -0.15) is 0 Å². The number of halogens is 1. The first-order chi connectivity index (χ1) is 9.02. The highest BCUT2D eigenvalue weighted by atomic mass is 19.1. The van der Waals surface area contributed by atoms with Crippen LogP contribution in [-0.2, 0) is 9.53 Å². The van der Waals surface area contributed by atoms with Crippen LogP contribution in [0.15, 0.2) is 18.2 Å². The number of nitrogens with two attached hydrogens (primary N) is 1. The highest BCUT2D eigenvalue weighted by Gasteiger charge is 2.34. The third kappa shape index (κ3) is 2.50. The van der Waals surface area contributed by atoms with Crippen LogP contribution in [0.1, 0.15) is 10.4 Å². The second kappa shape index (κ2) is 5.23. The standard InChI is InChI=1S/C12H13FN2O4/c13-8-3-1-2-7(10(8)14)11(16)15-4-5-19-6-9(15)12(17)18/h1-3,9H,4-6,14H2,(H,17,18). The van der Waals surface area contributed by atoms with Crippen molar-refractivity contribution >= 4 is 17.6 Å². The van der Waals surface area contributed by atoms with Gasteiger partial charge < -0.3 is 20.5 Å². The van der Waals surface area contributed by atoms with E-state index in [4.69, 9.17) is 15.6 Å². The number of hydrogen-bond donors (Lipinski definition) is 2. The van der Waals surface area contributed by atoms with Crippen molar-refractivity contribution in [2.75, 3.05) is 25.5 Å². The Labute approximate surface area is 108 Å². The smallest absolute Gasteiger partial charge is 0.328 e. The van der Waals surface area contributed by atoms with Gasteiger partial charge in [0, 0.05) is 6.54 Å². The van der Waals surface area contributed by atoms with Gasteiger partial charge in [0.1, 0.15) is 5.82 Å². The van der Waals surface area contributed by atoms with Crippen molar-refractivity contribution < 1.29 is 23.8 Å². The summed E-state index contributed by atoms with van der Waals surface area (Å²) in [5.74, 6) is -2.47. The first-order valence-corrected chi connectivity index (χ1v) is 5.68. The SMILES string of the molecule is Nc1c(F)cccc1C(=O)N1CCOCC1C(=O)O. The zero-order chi connectivity index (χ0) is 14.0. The van der Waals surface area contributed by atoms with E-state index in [0.29, 0.717) is 0 Å². The lowest BCUT2D eigenvalue weighted by atomic mass is 10.1. The van der Waals surface area contributed by atoms with Crippen molar-refractivity contribution in [1.82, 2.24) is 4.90 Å². The summed E-state index contributed by atoms with van der Waals surface area (Å²) in [6, 6.07) is 2.79. The highest BCUT2D eigenvalue weighted by Crippen LogP contribution is 2.20. The van der Waals surface area contributed by atoms with E-state index >= 15 is 0 Å². The van der Waals surface area contributed by atoms with E-state index in [1.807, 2.05) is 0 Å². The number of nitrogen functional groups attached to an aromatic ring is 1. The zero-order valence-corrected chi connectivity index (χ0v) is 10.0. The van der Waals surface area contributed by atoms with Gasteiger partial charge in [-0.1, -0.05) is 6.07 Å². The number of carboxylic acids is 1. The molecule has 1 aliphatic rings. The fourth-order valence-corrected chi connectivity index (χ4v) is 1.93. The quantitative estimate of drug-likeness (QED) is 0.754. The molecule has 1 aromatic rings. The van der Waals surface area contributed by atoms with Gasteiger partial charge >= 0.3 is 5.97 Å². The molecule has 19 heavy (non-hydrogen) atoms. The molecule has 0 spiro atoms. The number of anilines is 1. The van der Waals surface area contributed by atoms with Crippen LogP contribution in [0.25, 0.3) is 0 Å². The topological polar surface area (TPSA) is 92.9 Å². The molecule has 1 aliphatic heterocycles. The van der Waals surface area contributed by atoms with Gasteiger partial charge in [-0.15, -0.1) is 0 Å². The van der Waals surface area contributed by atoms with Crippen molar-refractivity contribution in [2.24, 2.45) is 0 Å². The Bertz CT molecular complexity index is 520. The van der Waals surface area contributed by atoms with E-state index in [9.17, 15) is 14.0 Å². The van der Waals surface area contributed by atoms with Crippen LogP contribution in [0.5, 0.6) is 0 Å². The van der Waals surface area contributed by atoms with Gasteiger partial charge in [-0.3, -0.25) is 4.79 Å². The van der Waals surface area contributed by atoms with Gasteiger partial charge in [-0.05, 0) is 12.1 Å². The molecule has 1 aromatic carbocycles. The molecular formula is C12H13FN2O4. The van der Waals surface area contributed by atoms with Crippen molar-refractivity contribution in [3.05, 3.63) is 29.6 Å². The van der Waals surface area contributed by atoms with Crippen molar-refractivity contribution in [3.8, 4) is 0 Å². The molecule has 0 saturated carbocycles. The van der Waals surface area contributed by atoms with Gasteiger partial charge in [0.25, 0.3) is 5.91 Å². The number of carbonyl (C=O) groups is 2. The third-order valence-electron chi connectivity index (χ3n) is 2.96. The van der Waals surface area contributed by atoms with Gasteiger partial charge in [0.2, 0.25) is 0 Å². The molecule has 1 atom stereocenters. The molecule has 6 nitrogen and oxygen atoms in total. The summed E-state index contributed by atoms with van der Waals surface area (Å²) >= 11 is 0. The number of ether oxygens (including phenoxy) is 1. The third-order valence-corrected chi connectivity index (χ3v) is 2.96. The van der Waals surface area contributed by atoms with Gasteiger partial charge in [-0.25, -0.2) is 9.18 Å². The summed E-state index contributed by atoms with van der Waals surface area (Å²) in [5, 5.41) is 9.05. The van der Waals surface area contributed by atoms with E-state index in [2.05, 4.69) is 0 Å². The minimum atomic E-state index is -1.16. The summed E-state index contributed by atoms with van der Waals surface area (Å²) < 4.78 is 18.4. The zero-order valence-electron chi connectivity index (χ0n) is 10.0. The molecule has 1 amide bonds. The molecule has 0 aromatic heterocycles. The Morgan fingerprint density at radius 2 is 2.21 bits per heavy atom. The number of aliphatic carboxylic acids is 1. The summed E-state index contributed by atoms with van der Waals surface area (Å²) in [4.78, 5) is 24.5. The maximum atomic E-state index is 13.3. The van der Waals surface area contributed by atoms with E-state index in [1.165, 1.54) is 12.1 Å². The van der Waals surface area contributed by atoms with E-state index < -0.39 is 23.7 Å². The van der Waals surface area contributed by atoms with Crippen molar-refractivity contribution in [2.45, 2.75) is 6.04 Å². The summed E-state index contributed by atoms with van der Waals surface area (Å²) in [5.41, 5.74) is 5.20. The molecule has 1 fully saturated rings. The fourth-order valence-electron chi connectivity index (χ4n) is 1.93. The van der Waals surface area contributed by atoms with Gasteiger partial charge in [0.05, 0.1) is 24.5 Å². The van der Waals surface area contributed by atoms with Gasteiger partial charge in [0.15, 0.2) is 6.04 Å². The maximum Gasteiger partial charge on any atom is 0.328 e. The number of amides is 1. The number of morpholine rings is 1. The predicted octanol–water partition coefficient (Wildman–Crippen LogP) is 0.333. The fraction of sp³-hybridized carbons (Fsp3) is 0.333. The molecule has 1 unspecified atom stereocenters. The average molecular weight is 268 g/mol. The monoisotopic (exact) mass is 268 g/mol. The Balaban J connectivity index is 2.31. The molecule has 1 saturated heterocycles. The number of para-hydroxylation sites is 1. The van der Waals surface area contributed by atoms with Crippen LogP contribution in [-0.4, -0.2) is 47.7 Å². The number of nitrogens with zero attached hydrogens (tertiary/aromatic N) is 1. The second-order valence-corrected chi connectivity index (χ2v) is 4.13. The number of rotatable bonds is 2. The number of hydrogen-bond acceptors (Lipinski definition) is 4. The first-order valence-electron chi connectivity index (χ1n) is 5.68. The van der Waals surface area contributed by atoms with Crippen LogP contribution >= 0.6 is 0 Å². The minimum Gasteiger partial charge on any atom is -0.480 e. The summed E-state index contributed by atoms with van der Waals surface area (Å²) in [6.45, 7) is 0.285. The van der Waals surface area contributed by atoms with Crippen LogP contribution < -0.4 is 5.73 Å². The normalized spacial score (nSPS) is 19.2. The van der Waals surface area contributed by atoms with Crippen LogP contribution in [0.2, 0.25) is 0 Å². The number of benzene rings is 1. The minimum absolute atomic E-state index is 0.0341. The van der Waals surface area contributed by atoms with Crippen molar-refractivity contribution in [3.63, 3.8) is 0 Å². The molecule has 0 radical (unpaired) electrons. The Hall–Kier alpha value is -2.15. The lowest BCUT2D eigenvalue weighted by Gasteiger charge is -2.33. The molecule has 2 rings (SSSR count). The predicted molar refractivity (Wildman–Crippen MR) is 64.1 cm³/mol. The number of carbonyl (C=O) groups excluding carboxylic acids is 1. The van der Waals surface area contributed by atoms with Crippen LogP contribution in [0.4, 0.5) is 10.1 Å². The van der Waals surface area contributed by atoms with Crippen LogP contribution in [0.3, 0.4) is 0 Å². The second-order valence-electron chi connectivity index (χ2n) is 4.13. The highest BCUT2D eigenvalue weighted by molar-refractivity contribution is 6.01. The lowest BCUT2D eigenvalue weighted by Crippen LogP contribution is -2.52. The Morgan fingerprint density at radius 3 is 2.89 bits per heavy atom. The average Bonchev–Trinajstić information content (AvgIpc) is 2.41. The molecule has 7 heteroatoms. The Morgan fingerprint density at radius 1 is 1.47 bits per heavy atom. The summed E-state index contributed by atoms with van der Waals surface area (Å²) in [7, 11) is 0.